The van der Waals surface area contributed by atoms with Crippen LogP contribution < -0.4 is 5.14 Å². The van der Waals surface area contributed by atoms with Gasteiger partial charge in [-0.05, 0) is 27.2 Å². The lowest BCUT2D eigenvalue weighted by atomic mass is 10.6. The minimum Gasteiger partial charge on any atom is -0.374 e. The Kier molecular flexibility index (Phi) is 9.88. The molecule has 0 atom stereocenters. The van der Waals surface area contributed by atoms with E-state index in [4.69, 9.17) is 18.4 Å². The fourth-order valence-electron chi connectivity index (χ4n) is 1.37. The minimum atomic E-state index is -2.40. The van der Waals surface area contributed by atoms with Gasteiger partial charge >= 0.3 is 8.80 Å². The van der Waals surface area contributed by atoms with Gasteiger partial charge in [0.05, 0.1) is 0 Å². The fourth-order valence-corrected chi connectivity index (χ4v) is 4.55. The summed E-state index contributed by atoms with van der Waals surface area (Å²) in [5.74, 6) is 0.919. The second-order valence-corrected chi connectivity index (χ2v) is 6.43. The van der Waals surface area contributed by atoms with Crippen LogP contribution in [0.5, 0.6) is 0 Å². The summed E-state index contributed by atoms with van der Waals surface area (Å²) in [6.07, 6.45) is 0.980. The summed E-state index contributed by atoms with van der Waals surface area (Å²) in [6.45, 7) is 7.83. The van der Waals surface area contributed by atoms with Gasteiger partial charge in [-0.1, -0.05) is 11.9 Å². The van der Waals surface area contributed by atoms with E-state index in [9.17, 15) is 0 Å². The Hall–Kier alpha value is 0.407. The molecule has 0 fully saturated rings. The largest absolute Gasteiger partial charge is 0.500 e. The molecule has 0 aromatic carbocycles. The Labute approximate surface area is 98.3 Å². The molecule has 92 valence electrons. The van der Waals surface area contributed by atoms with Crippen molar-refractivity contribution in [3.05, 3.63) is 0 Å². The normalized spacial score (nSPS) is 12.0. The lowest BCUT2D eigenvalue weighted by molar-refractivity contribution is 0.0712. The Morgan fingerprint density at radius 2 is 1.47 bits per heavy atom. The van der Waals surface area contributed by atoms with Gasteiger partial charge in [-0.2, -0.15) is 0 Å². The zero-order valence-corrected chi connectivity index (χ0v) is 11.8. The third kappa shape index (κ3) is 6.55. The minimum absolute atomic E-state index is 0.641. The van der Waals surface area contributed by atoms with Crippen LogP contribution in [0.4, 0.5) is 0 Å². The summed E-state index contributed by atoms with van der Waals surface area (Å²) in [5.41, 5.74) is 0. The van der Waals surface area contributed by atoms with Crippen molar-refractivity contribution in [3.63, 3.8) is 0 Å². The second-order valence-electron chi connectivity index (χ2n) is 2.96. The third-order valence-electron chi connectivity index (χ3n) is 1.84. The van der Waals surface area contributed by atoms with Gasteiger partial charge in [0.2, 0.25) is 0 Å². The summed E-state index contributed by atoms with van der Waals surface area (Å²) in [7, 11) is -2.40. The maximum absolute atomic E-state index is 5.70. The zero-order valence-electron chi connectivity index (χ0n) is 9.95. The van der Waals surface area contributed by atoms with Crippen molar-refractivity contribution in [1.29, 1.82) is 0 Å². The van der Waals surface area contributed by atoms with E-state index in [1.54, 1.807) is 0 Å². The zero-order chi connectivity index (χ0) is 11.6. The highest BCUT2D eigenvalue weighted by Crippen LogP contribution is 2.18. The van der Waals surface area contributed by atoms with Crippen molar-refractivity contribution < 1.29 is 13.3 Å². The molecule has 0 saturated heterocycles. The Morgan fingerprint density at radius 1 is 1.00 bits per heavy atom. The van der Waals surface area contributed by atoms with Crippen molar-refractivity contribution >= 4 is 20.8 Å². The van der Waals surface area contributed by atoms with Crippen molar-refractivity contribution in [2.45, 2.75) is 33.2 Å². The lowest BCUT2D eigenvalue weighted by Crippen LogP contribution is -2.46. The predicted octanol–water partition coefficient (Wildman–Crippen LogP) is 2.03. The van der Waals surface area contributed by atoms with E-state index in [0.29, 0.717) is 19.8 Å². The van der Waals surface area contributed by atoms with Crippen LogP contribution in [0.15, 0.2) is 0 Å². The van der Waals surface area contributed by atoms with Crippen LogP contribution in [0.25, 0.3) is 0 Å². The van der Waals surface area contributed by atoms with Crippen LogP contribution in [-0.4, -0.2) is 34.4 Å². The van der Waals surface area contributed by atoms with E-state index < -0.39 is 8.80 Å². The van der Waals surface area contributed by atoms with Crippen molar-refractivity contribution in [3.8, 4) is 0 Å². The van der Waals surface area contributed by atoms with Crippen LogP contribution in [0.2, 0.25) is 6.04 Å². The molecule has 0 rings (SSSR count). The van der Waals surface area contributed by atoms with Gasteiger partial charge in [0.15, 0.2) is 0 Å². The highest BCUT2D eigenvalue weighted by atomic mass is 32.2. The highest BCUT2D eigenvalue weighted by molar-refractivity contribution is 7.97. The molecule has 0 aromatic rings. The molecule has 0 spiro atoms. The summed E-state index contributed by atoms with van der Waals surface area (Å²) in [5, 5.41) is 5.39. The summed E-state index contributed by atoms with van der Waals surface area (Å²) in [4.78, 5) is 0. The smallest absolute Gasteiger partial charge is 0.374 e. The van der Waals surface area contributed by atoms with Crippen LogP contribution in [0.1, 0.15) is 27.2 Å². The molecule has 2 N–H and O–H groups in total. The second kappa shape index (κ2) is 9.62. The van der Waals surface area contributed by atoms with Crippen molar-refractivity contribution in [1.82, 2.24) is 0 Å². The standard InChI is InChI=1S/C9H23NO3SSi/c1-4-11-15(12-5-2,13-6-3)9-7-8-14-10/h4-10H2,1-3H3. The van der Waals surface area contributed by atoms with Crippen LogP contribution in [0.3, 0.4) is 0 Å². The van der Waals surface area contributed by atoms with Crippen LogP contribution >= 0.6 is 11.9 Å². The first-order chi connectivity index (χ1) is 7.24. The molecule has 0 radical (unpaired) electrons. The summed E-state index contributed by atoms with van der Waals surface area (Å²) < 4.78 is 17.1. The molecular formula is C9H23NO3SSi. The quantitative estimate of drug-likeness (QED) is 0.367. The third-order valence-corrected chi connectivity index (χ3v) is 5.51. The van der Waals surface area contributed by atoms with E-state index in [0.717, 1.165) is 18.2 Å². The molecule has 6 heteroatoms. The number of hydrogen-bond donors (Lipinski definition) is 1. The molecule has 0 heterocycles. The number of hydrogen-bond acceptors (Lipinski definition) is 5. The topological polar surface area (TPSA) is 53.7 Å². The van der Waals surface area contributed by atoms with E-state index in [-0.39, 0.29) is 0 Å². The predicted molar refractivity (Wildman–Crippen MR) is 66.7 cm³/mol. The van der Waals surface area contributed by atoms with Gasteiger partial charge in [-0.15, -0.1) is 0 Å². The van der Waals surface area contributed by atoms with Gasteiger partial charge in [0, 0.05) is 31.6 Å². The molecule has 4 nitrogen and oxygen atoms in total. The van der Waals surface area contributed by atoms with Crippen LogP contribution in [0, 0.1) is 0 Å². The van der Waals surface area contributed by atoms with E-state index in [1.807, 2.05) is 20.8 Å². The van der Waals surface area contributed by atoms with E-state index >= 15 is 0 Å². The first kappa shape index (κ1) is 15.4. The number of nitrogens with two attached hydrogens (primary N) is 1. The summed E-state index contributed by atoms with van der Waals surface area (Å²) in [6, 6.07) is 0.854. The van der Waals surface area contributed by atoms with E-state index in [2.05, 4.69) is 0 Å². The average molecular weight is 253 g/mol. The first-order valence-corrected chi connectivity index (χ1v) is 8.46. The molecular weight excluding hydrogens is 230 g/mol. The van der Waals surface area contributed by atoms with Crippen molar-refractivity contribution in [2.75, 3.05) is 25.6 Å². The maximum atomic E-state index is 5.70. The van der Waals surface area contributed by atoms with Crippen molar-refractivity contribution in [2.24, 2.45) is 5.14 Å². The highest BCUT2D eigenvalue weighted by Gasteiger charge is 2.39. The molecule has 0 saturated carbocycles. The molecule has 0 amide bonds. The Balaban J connectivity index is 4.18. The molecule has 0 aliphatic carbocycles. The molecule has 15 heavy (non-hydrogen) atoms. The van der Waals surface area contributed by atoms with Gasteiger partial charge in [0.1, 0.15) is 0 Å². The first-order valence-electron chi connectivity index (χ1n) is 5.48. The van der Waals surface area contributed by atoms with E-state index in [1.165, 1.54) is 11.9 Å². The Morgan fingerprint density at radius 3 is 1.80 bits per heavy atom. The Bertz CT molecular complexity index is 134. The molecule has 0 aromatic heterocycles. The number of rotatable bonds is 10. The molecule has 0 aliphatic heterocycles. The molecule has 0 bridgehead atoms. The monoisotopic (exact) mass is 253 g/mol. The van der Waals surface area contributed by atoms with Gasteiger partial charge in [0.25, 0.3) is 0 Å². The van der Waals surface area contributed by atoms with Gasteiger partial charge in [-0.25, -0.2) is 0 Å². The molecule has 0 aliphatic rings. The summed E-state index contributed by atoms with van der Waals surface area (Å²) >= 11 is 1.35. The average Bonchev–Trinajstić information content (AvgIpc) is 2.19. The lowest BCUT2D eigenvalue weighted by Gasteiger charge is -2.28. The van der Waals surface area contributed by atoms with Crippen LogP contribution in [-0.2, 0) is 13.3 Å². The fraction of sp³-hybridized carbons (Fsp3) is 1.00. The van der Waals surface area contributed by atoms with Gasteiger partial charge in [-0.3, -0.25) is 5.14 Å². The maximum Gasteiger partial charge on any atom is 0.500 e. The van der Waals surface area contributed by atoms with Gasteiger partial charge < -0.3 is 13.3 Å². The SMILES string of the molecule is CCO[Si](CCCSN)(OCC)OCC. The molecule has 0 unspecified atom stereocenters.